The van der Waals surface area contributed by atoms with Crippen LogP contribution in [0.5, 0.6) is 11.5 Å². The zero-order valence-corrected chi connectivity index (χ0v) is 17.9. The first-order chi connectivity index (χ1) is 15.7. The fourth-order valence-corrected chi connectivity index (χ4v) is 3.30. The molecule has 0 bridgehead atoms. The van der Waals surface area contributed by atoms with Gasteiger partial charge in [0.25, 0.3) is 0 Å². The van der Waals surface area contributed by atoms with Gasteiger partial charge in [-0.3, -0.25) is 4.79 Å². The van der Waals surface area contributed by atoms with Crippen molar-refractivity contribution in [3.05, 3.63) is 108 Å². The molecule has 1 amide bonds. The molecule has 32 heavy (non-hydrogen) atoms. The molecular weight excluding hydrogens is 402 g/mol. The van der Waals surface area contributed by atoms with Gasteiger partial charge in [0.2, 0.25) is 5.91 Å². The SMILES string of the molecule is COc1cc(CNC(=O)Cc2cnn(-c3ccccc3)c2)ccc1OCc1ccccc1. The lowest BCUT2D eigenvalue weighted by Crippen LogP contribution is -2.24. The number of ether oxygens (including phenoxy) is 2. The number of para-hydroxylation sites is 1. The molecule has 0 unspecified atom stereocenters. The summed E-state index contributed by atoms with van der Waals surface area (Å²) in [6, 6.07) is 25.4. The Balaban J connectivity index is 1.31. The number of rotatable bonds is 9. The van der Waals surface area contributed by atoms with Crippen molar-refractivity contribution < 1.29 is 14.3 Å². The summed E-state index contributed by atoms with van der Waals surface area (Å²) in [6.07, 6.45) is 3.85. The van der Waals surface area contributed by atoms with Crippen LogP contribution in [0, 0.1) is 0 Å². The molecular formula is C26H25N3O3. The smallest absolute Gasteiger partial charge is 0.224 e. The Morgan fingerprint density at radius 1 is 0.906 bits per heavy atom. The highest BCUT2D eigenvalue weighted by atomic mass is 16.5. The average Bonchev–Trinajstić information content (AvgIpc) is 3.31. The Morgan fingerprint density at radius 2 is 1.66 bits per heavy atom. The Hall–Kier alpha value is -4.06. The van der Waals surface area contributed by atoms with Crippen molar-refractivity contribution in [2.45, 2.75) is 19.6 Å². The van der Waals surface area contributed by atoms with E-state index in [0.717, 1.165) is 22.4 Å². The molecule has 0 saturated heterocycles. The summed E-state index contributed by atoms with van der Waals surface area (Å²) < 4.78 is 13.1. The zero-order valence-electron chi connectivity index (χ0n) is 17.9. The van der Waals surface area contributed by atoms with Crippen LogP contribution in [0.15, 0.2) is 91.3 Å². The lowest BCUT2D eigenvalue weighted by Gasteiger charge is -2.13. The number of aromatic nitrogens is 2. The van der Waals surface area contributed by atoms with Gasteiger partial charge in [0.15, 0.2) is 11.5 Å². The second-order valence-electron chi connectivity index (χ2n) is 7.34. The number of nitrogens with one attached hydrogen (secondary N) is 1. The standard InChI is InChI=1S/C26H25N3O3/c1-31-25-14-21(12-13-24(25)32-19-20-8-4-2-5-9-20)16-27-26(30)15-22-17-28-29(18-22)23-10-6-3-7-11-23/h2-14,17-18H,15-16,19H2,1H3,(H,27,30). The van der Waals surface area contributed by atoms with Crippen LogP contribution in [0.2, 0.25) is 0 Å². The molecule has 0 saturated carbocycles. The highest BCUT2D eigenvalue weighted by Crippen LogP contribution is 2.28. The predicted molar refractivity (Wildman–Crippen MR) is 123 cm³/mol. The van der Waals surface area contributed by atoms with E-state index in [4.69, 9.17) is 9.47 Å². The van der Waals surface area contributed by atoms with Crippen LogP contribution < -0.4 is 14.8 Å². The second-order valence-corrected chi connectivity index (χ2v) is 7.34. The Kier molecular flexibility index (Phi) is 6.82. The van der Waals surface area contributed by atoms with Crippen molar-refractivity contribution in [1.29, 1.82) is 0 Å². The van der Waals surface area contributed by atoms with Crippen molar-refractivity contribution in [3.63, 3.8) is 0 Å². The topological polar surface area (TPSA) is 65.4 Å². The van der Waals surface area contributed by atoms with Crippen LogP contribution in [0.4, 0.5) is 0 Å². The molecule has 6 heteroatoms. The second kappa shape index (κ2) is 10.3. The van der Waals surface area contributed by atoms with Crippen LogP contribution in [-0.2, 0) is 24.4 Å². The molecule has 0 radical (unpaired) electrons. The van der Waals surface area contributed by atoms with E-state index in [0.29, 0.717) is 24.7 Å². The lowest BCUT2D eigenvalue weighted by atomic mass is 10.2. The maximum absolute atomic E-state index is 12.4. The van der Waals surface area contributed by atoms with E-state index < -0.39 is 0 Å². The van der Waals surface area contributed by atoms with E-state index in [1.807, 2.05) is 85.1 Å². The summed E-state index contributed by atoms with van der Waals surface area (Å²) in [5.74, 6) is 1.23. The van der Waals surface area contributed by atoms with E-state index in [-0.39, 0.29) is 12.3 Å². The first kappa shape index (κ1) is 21.2. The summed E-state index contributed by atoms with van der Waals surface area (Å²) in [7, 11) is 1.61. The summed E-state index contributed by atoms with van der Waals surface area (Å²) in [6.45, 7) is 0.866. The van der Waals surface area contributed by atoms with Crippen molar-refractivity contribution in [2.24, 2.45) is 0 Å². The van der Waals surface area contributed by atoms with Crippen molar-refractivity contribution >= 4 is 5.91 Å². The molecule has 4 aromatic rings. The quantitative estimate of drug-likeness (QED) is 0.432. The summed E-state index contributed by atoms with van der Waals surface area (Å²) in [5, 5.41) is 7.29. The van der Waals surface area contributed by atoms with E-state index >= 15 is 0 Å². The number of amides is 1. The van der Waals surface area contributed by atoms with Gasteiger partial charge in [0.05, 0.1) is 25.4 Å². The summed E-state index contributed by atoms with van der Waals surface area (Å²) >= 11 is 0. The fraction of sp³-hybridized carbons (Fsp3) is 0.154. The highest BCUT2D eigenvalue weighted by Gasteiger charge is 2.09. The average molecular weight is 428 g/mol. The van der Waals surface area contributed by atoms with Crippen molar-refractivity contribution in [3.8, 4) is 17.2 Å². The van der Waals surface area contributed by atoms with Gasteiger partial charge in [-0.05, 0) is 41.0 Å². The van der Waals surface area contributed by atoms with Crippen LogP contribution in [-0.4, -0.2) is 22.8 Å². The normalized spacial score (nSPS) is 10.5. The minimum absolute atomic E-state index is 0.0685. The molecule has 162 valence electrons. The van der Waals surface area contributed by atoms with Crippen molar-refractivity contribution in [1.82, 2.24) is 15.1 Å². The molecule has 0 fully saturated rings. The minimum Gasteiger partial charge on any atom is -0.493 e. The summed E-state index contributed by atoms with van der Waals surface area (Å²) in [5.41, 5.74) is 3.83. The van der Waals surface area contributed by atoms with E-state index in [1.165, 1.54) is 0 Å². The number of methoxy groups -OCH3 is 1. The number of hydrogen-bond acceptors (Lipinski definition) is 4. The number of hydrogen-bond donors (Lipinski definition) is 1. The number of carbonyl (C=O) groups is 1. The number of carbonyl (C=O) groups excluding carboxylic acids is 1. The van der Waals surface area contributed by atoms with Gasteiger partial charge in [-0.1, -0.05) is 54.6 Å². The van der Waals surface area contributed by atoms with Gasteiger partial charge in [0, 0.05) is 12.7 Å². The van der Waals surface area contributed by atoms with Crippen LogP contribution >= 0.6 is 0 Å². The Bertz CT molecular complexity index is 1160. The van der Waals surface area contributed by atoms with E-state index in [2.05, 4.69) is 10.4 Å². The van der Waals surface area contributed by atoms with Crippen LogP contribution in [0.25, 0.3) is 5.69 Å². The molecule has 1 N–H and O–H groups in total. The first-order valence-electron chi connectivity index (χ1n) is 10.4. The van der Waals surface area contributed by atoms with Crippen LogP contribution in [0.3, 0.4) is 0 Å². The van der Waals surface area contributed by atoms with Gasteiger partial charge >= 0.3 is 0 Å². The Labute approximate surface area is 187 Å². The summed E-state index contributed by atoms with van der Waals surface area (Å²) in [4.78, 5) is 12.4. The minimum atomic E-state index is -0.0685. The van der Waals surface area contributed by atoms with Gasteiger partial charge < -0.3 is 14.8 Å². The third-order valence-corrected chi connectivity index (χ3v) is 4.98. The monoisotopic (exact) mass is 427 g/mol. The lowest BCUT2D eigenvalue weighted by molar-refractivity contribution is -0.120. The Morgan fingerprint density at radius 3 is 2.41 bits per heavy atom. The highest BCUT2D eigenvalue weighted by molar-refractivity contribution is 5.78. The van der Waals surface area contributed by atoms with Crippen LogP contribution in [0.1, 0.15) is 16.7 Å². The largest absolute Gasteiger partial charge is 0.493 e. The number of benzene rings is 3. The first-order valence-corrected chi connectivity index (χ1v) is 10.4. The number of nitrogens with zero attached hydrogens (tertiary/aromatic N) is 2. The predicted octanol–water partition coefficient (Wildman–Crippen LogP) is 4.32. The molecule has 0 atom stereocenters. The van der Waals surface area contributed by atoms with Gasteiger partial charge in [-0.15, -0.1) is 0 Å². The third kappa shape index (κ3) is 5.55. The molecule has 1 aromatic heterocycles. The molecule has 0 spiro atoms. The molecule has 3 aromatic carbocycles. The van der Waals surface area contributed by atoms with Gasteiger partial charge in [-0.25, -0.2) is 4.68 Å². The van der Waals surface area contributed by atoms with Gasteiger partial charge in [-0.2, -0.15) is 5.10 Å². The molecule has 0 aliphatic heterocycles. The third-order valence-electron chi connectivity index (χ3n) is 4.98. The molecule has 1 heterocycles. The van der Waals surface area contributed by atoms with E-state index in [1.54, 1.807) is 18.0 Å². The molecule has 0 aliphatic rings. The zero-order chi connectivity index (χ0) is 22.2. The van der Waals surface area contributed by atoms with E-state index in [9.17, 15) is 4.79 Å². The maximum Gasteiger partial charge on any atom is 0.224 e. The molecule has 4 rings (SSSR count). The van der Waals surface area contributed by atoms with Crippen molar-refractivity contribution in [2.75, 3.05) is 7.11 Å². The molecule has 6 nitrogen and oxygen atoms in total. The fourth-order valence-electron chi connectivity index (χ4n) is 3.30. The maximum atomic E-state index is 12.4. The van der Waals surface area contributed by atoms with Gasteiger partial charge in [0.1, 0.15) is 6.61 Å². The molecule has 0 aliphatic carbocycles.